The van der Waals surface area contributed by atoms with Crippen LogP contribution in [0.3, 0.4) is 0 Å². The number of halogens is 2. The van der Waals surface area contributed by atoms with E-state index in [2.05, 4.69) is 4.98 Å². The highest BCUT2D eigenvalue weighted by Gasteiger charge is 2.53. The van der Waals surface area contributed by atoms with E-state index in [1.54, 1.807) is 48.0 Å². The third-order valence-electron chi connectivity index (χ3n) is 5.35. The number of hydrogen-bond donors (Lipinski definition) is 0. The number of para-hydroxylation sites is 2. The molecule has 4 rings (SSSR count). The lowest BCUT2D eigenvalue weighted by atomic mass is 10.2. The fourth-order valence-electron chi connectivity index (χ4n) is 3.97. The number of alkyl halides is 2. The van der Waals surface area contributed by atoms with Crippen molar-refractivity contribution in [2.75, 3.05) is 12.8 Å². The summed E-state index contributed by atoms with van der Waals surface area (Å²) in [7, 11) is 1.57. The highest BCUT2D eigenvalue weighted by atomic mass is 32.2. The summed E-state index contributed by atoms with van der Waals surface area (Å²) in [5.74, 6) is 0.392. The third kappa shape index (κ3) is 2.88. The van der Waals surface area contributed by atoms with Crippen LogP contribution in [0.1, 0.15) is 32.1 Å². The van der Waals surface area contributed by atoms with E-state index in [0.717, 1.165) is 11.0 Å². The fourth-order valence-corrected chi connectivity index (χ4v) is 5.39. The van der Waals surface area contributed by atoms with Crippen LogP contribution in [0.2, 0.25) is 0 Å². The number of fused-ring (bicyclic) bond motifs is 2. The van der Waals surface area contributed by atoms with Gasteiger partial charge in [0, 0.05) is 19.2 Å². The second-order valence-corrected chi connectivity index (χ2v) is 8.63. The average Bonchev–Trinajstić information content (AvgIpc) is 3.25. The predicted octanol–water partition coefficient (Wildman–Crippen LogP) is 2.84. The number of imidazole rings is 1. The lowest BCUT2D eigenvalue weighted by Gasteiger charge is -2.31. The molecule has 2 aliphatic rings. The monoisotopic (exact) mass is 394 g/mol. The van der Waals surface area contributed by atoms with Crippen molar-refractivity contribution in [1.29, 1.82) is 0 Å². The van der Waals surface area contributed by atoms with Crippen LogP contribution in [-0.4, -0.2) is 54.9 Å². The summed E-state index contributed by atoms with van der Waals surface area (Å²) in [5, 5.41) is 0. The van der Waals surface area contributed by atoms with Gasteiger partial charge in [0.15, 0.2) is 0 Å². The molecule has 2 amide bonds. The van der Waals surface area contributed by atoms with E-state index in [1.165, 1.54) is 4.90 Å². The molecule has 144 valence electrons. The molecule has 0 aliphatic carbocycles. The maximum absolute atomic E-state index is 13.6. The molecule has 0 bridgehead atoms. The second kappa shape index (κ2) is 6.47. The van der Waals surface area contributed by atoms with Gasteiger partial charge >= 0.3 is 6.55 Å². The van der Waals surface area contributed by atoms with Crippen LogP contribution in [0.4, 0.5) is 8.78 Å². The molecule has 1 aromatic carbocycles. The van der Waals surface area contributed by atoms with Crippen molar-refractivity contribution >= 4 is 34.6 Å². The van der Waals surface area contributed by atoms with Gasteiger partial charge in [-0.3, -0.25) is 14.2 Å². The maximum atomic E-state index is 13.6. The van der Waals surface area contributed by atoms with Crippen molar-refractivity contribution in [3.63, 3.8) is 0 Å². The van der Waals surface area contributed by atoms with Crippen molar-refractivity contribution in [2.45, 2.75) is 43.8 Å². The van der Waals surface area contributed by atoms with Crippen molar-refractivity contribution < 1.29 is 18.4 Å². The molecule has 0 radical (unpaired) electrons. The largest absolute Gasteiger partial charge is 0.336 e. The standard InChI is InChI=1S/C18H20F2N4O2S/c1-18-8-7-15(25)24(18)13(10-27-18)16(26)22(2)9-14-21-11-5-3-4-6-12(11)23(14)17(19)20/h3-6,13,17H,7-10H2,1-2H3. The summed E-state index contributed by atoms with van der Waals surface area (Å²) < 4.78 is 28.0. The number of carbonyl (C=O) groups is 2. The average molecular weight is 394 g/mol. The second-order valence-electron chi connectivity index (χ2n) is 7.12. The zero-order chi connectivity index (χ0) is 19.3. The van der Waals surface area contributed by atoms with Gasteiger partial charge in [-0.05, 0) is 25.5 Å². The summed E-state index contributed by atoms with van der Waals surface area (Å²) >= 11 is 1.61. The molecular formula is C18H20F2N4O2S. The lowest BCUT2D eigenvalue weighted by molar-refractivity contribution is -0.143. The van der Waals surface area contributed by atoms with Gasteiger partial charge in [-0.1, -0.05) is 12.1 Å². The minimum Gasteiger partial charge on any atom is -0.336 e. The third-order valence-corrected chi connectivity index (χ3v) is 6.85. The number of rotatable bonds is 4. The zero-order valence-corrected chi connectivity index (χ0v) is 15.9. The molecule has 2 aliphatic heterocycles. The van der Waals surface area contributed by atoms with Crippen LogP contribution in [0, 0.1) is 0 Å². The van der Waals surface area contributed by atoms with E-state index in [4.69, 9.17) is 0 Å². The Balaban J connectivity index is 1.59. The van der Waals surface area contributed by atoms with E-state index in [-0.39, 0.29) is 29.1 Å². The van der Waals surface area contributed by atoms with Gasteiger partial charge in [-0.15, -0.1) is 11.8 Å². The number of amides is 2. The molecule has 9 heteroatoms. The van der Waals surface area contributed by atoms with Crippen LogP contribution >= 0.6 is 11.8 Å². The quantitative estimate of drug-likeness (QED) is 0.800. The number of benzene rings is 1. The molecule has 0 spiro atoms. The zero-order valence-electron chi connectivity index (χ0n) is 15.1. The van der Waals surface area contributed by atoms with Crippen molar-refractivity contribution in [1.82, 2.24) is 19.4 Å². The van der Waals surface area contributed by atoms with Gasteiger partial charge < -0.3 is 9.80 Å². The number of thioether (sulfide) groups is 1. The van der Waals surface area contributed by atoms with Crippen LogP contribution in [0.15, 0.2) is 24.3 Å². The summed E-state index contributed by atoms with van der Waals surface area (Å²) in [4.78, 5) is 32.2. The Morgan fingerprint density at radius 2 is 2.19 bits per heavy atom. The Hall–Kier alpha value is -2.16. The molecule has 6 nitrogen and oxygen atoms in total. The molecule has 0 N–H and O–H groups in total. The Bertz CT molecular complexity index is 918. The van der Waals surface area contributed by atoms with Crippen molar-refractivity contribution in [3.8, 4) is 0 Å². The molecule has 27 heavy (non-hydrogen) atoms. The molecule has 1 aromatic heterocycles. The van der Waals surface area contributed by atoms with Gasteiger partial charge in [0.05, 0.1) is 22.4 Å². The summed E-state index contributed by atoms with van der Waals surface area (Å²) in [6, 6.07) is 6.11. The Morgan fingerprint density at radius 3 is 2.93 bits per heavy atom. The molecule has 2 aromatic rings. The van der Waals surface area contributed by atoms with E-state index in [0.29, 0.717) is 23.2 Å². The molecule has 2 saturated heterocycles. The van der Waals surface area contributed by atoms with Crippen LogP contribution in [-0.2, 0) is 16.1 Å². The first kappa shape index (κ1) is 18.2. The first-order valence-electron chi connectivity index (χ1n) is 8.77. The molecule has 0 saturated carbocycles. The van der Waals surface area contributed by atoms with Gasteiger partial charge in [0.25, 0.3) is 0 Å². The Kier molecular flexibility index (Phi) is 4.37. The molecule has 2 atom stereocenters. The molecule has 3 heterocycles. The molecular weight excluding hydrogens is 374 g/mol. The SMILES string of the molecule is CN(Cc1nc2ccccc2n1C(F)F)C(=O)C1CSC2(C)CCC(=O)N12. The van der Waals surface area contributed by atoms with E-state index in [1.807, 2.05) is 6.92 Å². The lowest BCUT2D eigenvalue weighted by Crippen LogP contribution is -2.50. The van der Waals surface area contributed by atoms with Gasteiger partial charge in [-0.2, -0.15) is 8.78 Å². The number of hydrogen-bond acceptors (Lipinski definition) is 4. The maximum Gasteiger partial charge on any atom is 0.320 e. The number of carbonyl (C=O) groups excluding carboxylic acids is 2. The van der Waals surface area contributed by atoms with Crippen molar-refractivity contribution in [3.05, 3.63) is 30.1 Å². The highest BCUT2D eigenvalue weighted by molar-refractivity contribution is 8.01. The fraction of sp³-hybridized carbons (Fsp3) is 0.500. The van der Waals surface area contributed by atoms with Crippen LogP contribution in [0.25, 0.3) is 11.0 Å². The van der Waals surface area contributed by atoms with E-state index in [9.17, 15) is 18.4 Å². The normalized spacial score (nSPS) is 24.9. The minimum atomic E-state index is -2.75. The first-order valence-corrected chi connectivity index (χ1v) is 9.75. The molecule has 2 unspecified atom stereocenters. The first-order chi connectivity index (χ1) is 12.8. The van der Waals surface area contributed by atoms with E-state index >= 15 is 0 Å². The summed E-state index contributed by atoms with van der Waals surface area (Å²) in [6.07, 6.45) is 1.17. The summed E-state index contributed by atoms with van der Waals surface area (Å²) in [5.41, 5.74) is 0.800. The summed E-state index contributed by atoms with van der Waals surface area (Å²) in [6.45, 7) is -0.814. The van der Waals surface area contributed by atoms with Crippen LogP contribution in [0.5, 0.6) is 0 Å². The van der Waals surface area contributed by atoms with Crippen molar-refractivity contribution in [2.24, 2.45) is 0 Å². The highest BCUT2D eigenvalue weighted by Crippen LogP contribution is 2.47. The van der Waals surface area contributed by atoms with Gasteiger partial charge in [-0.25, -0.2) is 4.98 Å². The number of likely N-dealkylation sites (N-methyl/N-ethyl adjacent to an activating group) is 1. The topological polar surface area (TPSA) is 58.4 Å². The van der Waals surface area contributed by atoms with Gasteiger partial charge in [0.1, 0.15) is 11.9 Å². The van der Waals surface area contributed by atoms with Gasteiger partial charge in [0.2, 0.25) is 11.8 Å². The van der Waals surface area contributed by atoms with Crippen LogP contribution < -0.4 is 0 Å². The minimum absolute atomic E-state index is 0.0194. The van der Waals surface area contributed by atoms with E-state index < -0.39 is 12.6 Å². The Labute approximate surface area is 159 Å². The number of nitrogens with zero attached hydrogens (tertiary/aromatic N) is 4. The number of aromatic nitrogens is 2. The smallest absolute Gasteiger partial charge is 0.320 e. The molecule has 2 fully saturated rings. The Morgan fingerprint density at radius 1 is 1.44 bits per heavy atom. The predicted molar refractivity (Wildman–Crippen MR) is 98.2 cm³/mol.